The highest BCUT2D eigenvalue weighted by Gasteiger charge is 2.17. The zero-order valence-electron chi connectivity index (χ0n) is 8.76. The summed E-state index contributed by atoms with van der Waals surface area (Å²) in [7, 11) is 0. The number of carboxylic acid groups (broad SMARTS) is 1. The molecule has 2 N–H and O–H groups in total. The van der Waals surface area contributed by atoms with Crippen molar-refractivity contribution in [2.45, 2.75) is 25.9 Å². The van der Waals surface area contributed by atoms with E-state index in [0.717, 1.165) is 5.56 Å². The lowest BCUT2D eigenvalue weighted by atomic mass is 9.95. The van der Waals surface area contributed by atoms with Crippen molar-refractivity contribution in [3.8, 4) is 0 Å². The van der Waals surface area contributed by atoms with E-state index in [2.05, 4.69) is 0 Å². The van der Waals surface area contributed by atoms with E-state index >= 15 is 0 Å². The number of aliphatic carboxylic acids is 1. The van der Waals surface area contributed by atoms with Crippen LogP contribution in [0.25, 0.3) is 0 Å². The molecule has 0 amide bonds. The second kappa shape index (κ2) is 5.51. The Morgan fingerprint density at radius 3 is 2.47 bits per heavy atom. The summed E-state index contributed by atoms with van der Waals surface area (Å²) in [5.41, 5.74) is 1.03. The van der Waals surface area contributed by atoms with Crippen molar-refractivity contribution in [1.82, 2.24) is 0 Å². The lowest BCUT2D eigenvalue weighted by Gasteiger charge is -2.16. The smallest absolute Gasteiger partial charge is 0.303 e. The van der Waals surface area contributed by atoms with Gasteiger partial charge >= 0.3 is 5.97 Å². The van der Waals surface area contributed by atoms with Crippen molar-refractivity contribution in [1.29, 1.82) is 0 Å². The normalized spacial score (nSPS) is 14.5. The number of aliphatic hydroxyl groups is 1. The summed E-state index contributed by atoms with van der Waals surface area (Å²) < 4.78 is 0. The number of carbonyl (C=O) groups is 1. The summed E-state index contributed by atoms with van der Waals surface area (Å²) in [4.78, 5) is 10.5. The van der Waals surface area contributed by atoms with Crippen molar-refractivity contribution >= 4 is 5.97 Å². The van der Waals surface area contributed by atoms with Crippen LogP contribution in [0.2, 0.25) is 0 Å². The van der Waals surface area contributed by atoms with Crippen LogP contribution in [-0.2, 0) is 11.2 Å². The molecule has 1 rings (SSSR count). The van der Waals surface area contributed by atoms with Gasteiger partial charge in [-0.3, -0.25) is 4.79 Å². The highest BCUT2D eigenvalue weighted by Crippen LogP contribution is 2.13. The van der Waals surface area contributed by atoms with E-state index in [1.165, 1.54) is 0 Å². The summed E-state index contributed by atoms with van der Waals surface area (Å²) >= 11 is 0. The maximum atomic E-state index is 10.5. The number of rotatable bonds is 5. The largest absolute Gasteiger partial charge is 0.481 e. The maximum absolute atomic E-state index is 10.5. The number of hydrogen-bond acceptors (Lipinski definition) is 2. The Labute approximate surface area is 89.4 Å². The predicted molar refractivity (Wildman–Crippen MR) is 57.6 cm³/mol. The Hall–Kier alpha value is -1.35. The van der Waals surface area contributed by atoms with Crippen molar-refractivity contribution < 1.29 is 15.0 Å². The van der Waals surface area contributed by atoms with Gasteiger partial charge in [0.05, 0.1) is 12.5 Å². The molecule has 1 aromatic rings. The van der Waals surface area contributed by atoms with Gasteiger partial charge in [0.15, 0.2) is 0 Å². The van der Waals surface area contributed by atoms with Crippen LogP contribution in [0.15, 0.2) is 30.3 Å². The van der Waals surface area contributed by atoms with Gasteiger partial charge in [-0.25, -0.2) is 0 Å². The van der Waals surface area contributed by atoms with Crippen LogP contribution in [0.3, 0.4) is 0 Å². The third-order valence-electron chi connectivity index (χ3n) is 2.44. The van der Waals surface area contributed by atoms with Crippen LogP contribution >= 0.6 is 0 Å². The first-order chi connectivity index (χ1) is 7.09. The van der Waals surface area contributed by atoms with Crippen LogP contribution in [0, 0.1) is 5.92 Å². The summed E-state index contributed by atoms with van der Waals surface area (Å²) in [6.07, 6.45) is -0.0768. The number of carboxylic acids is 1. The first kappa shape index (κ1) is 11.7. The molecule has 2 unspecified atom stereocenters. The minimum absolute atomic E-state index is 0.00794. The molecule has 82 valence electrons. The monoisotopic (exact) mass is 208 g/mol. The van der Waals surface area contributed by atoms with E-state index in [9.17, 15) is 9.90 Å². The third-order valence-corrected chi connectivity index (χ3v) is 2.44. The Bertz CT molecular complexity index is 308. The molecule has 3 nitrogen and oxygen atoms in total. The molecular formula is C12H16O3. The topological polar surface area (TPSA) is 57.5 Å². The van der Waals surface area contributed by atoms with Crippen LogP contribution in [0.1, 0.15) is 18.9 Å². The van der Waals surface area contributed by atoms with Crippen molar-refractivity contribution in [2.24, 2.45) is 5.92 Å². The molecule has 0 aliphatic heterocycles. The molecule has 0 aromatic heterocycles. The minimum atomic E-state index is -0.866. The van der Waals surface area contributed by atoms with Gasteiger partial charge < -0.3 is 10.2 Å². The first-order valence-corrected chi connectivity index (χ1v) is 5.03. The second-order valence-electron chi connectivity index (χ2n) is 3.83. The summed E-state index contributed by atoms with van der Waals surface area (Å²) in [6.45, 7) is 1.75. The molecular weight excluding hydrogens is 192 g/mol. The molecule has 0 heterocycles. The van der Waals surface area contributed by atoms with E-state index in [0.29, 0.717) is 6.42 Å². The molecule has 15 heavy (non-hydrogen) atoms. The van der Waals surface area contributed by atoms with Gasteiger partial charge in [0.1, 0.15) is 0 Å². The SMILES string of the molecule is CC(CC(=O)O)C(O)Cc1ccccc1. The van der Waals surface area contributed by atoms with E-state index in [4.69, 9.17) is 5.11 Å². The number of benzene rings is 1. The number of hydrogen-bond donors (Lipinski definition) is 2. The molecule has 0 saturated heterocycles. The van der Waals surface area contributed by atoms with Crippen molar-refractivity contribution in [3.05, 3.63) is 35.9 Å². The predicted octanol–water partition coefficient (Wildman–Crippen LogP) is 1.70. The molecule has 0 aliphatic rings. The molecule has 0 radical (unpaired) electrons. The highest BCUT2D eigenvalue weighted by atomic mass is 16.4. The summed E-state index contributed by atoms with van der Waals surface area (Å²) in [6, 6.07) is 9.58. The van der Waals surface area contributed by atoms with Gasteiger partial charge in [-0.2, -0.15) is 0 Å². The molecule has 0 saturated carbocycles. The second-order valence-corrected chi connectivity index (χ2v) is 3.83. The molecule has 2 atom stereocenters. The Morgan fingerprint density at radius 2 is 1.93 bits per heavy atom. The Kier molecular flexibility index (Phi) is 4.31. The highest BCUT2D eigenvalue weighted by molar-refractivity contribution is 5.67. The maximum Gasteiger partial charge on any atom is 0.303 e. The summed E-state index contributed by atoms with van der Waals surface area (Å²) in [5.74, 6) is -1.09. The van der Waals surface area contributed by atoms with Crippen LogP contribution in [0.5, 0.6) is 0 Å². The lowest BCUT2D eigenvalue weighted by Crippen LogP contribution is -2.22. The fourth-order valence-corrected chi connectivity index (χ4v) is 1.47. The van der Waals surface area contributed by atoms with Gasteiger partial charge in [-0.05, 0) is 17.9 Å². The lowest BCUT2D eigenvalue weighted by molar-refractivity contribution is -0.138. The van der Waals surface area contributed by atoms with Gasteiger partial charge in [0, 0.05) is 0 Å². The van der Waals surface area contributed by atoms with Gasteiger partial charge in [0.2, 0.25) is 0 Å². The standard InChI is InChI=1S/C12H16O3/c1-9(7-12(14)15)11(13)8-10-5-3-2-4-6-10/h2-6,9,11,13H,7-8H2,1H3,(H,14,15). The van der Waals surface area contributed by atoms with Crippen molar-refractivity contribution in [2.75, 3.05) is 0 Å². The minimum Gasteiger partial charge on any atom is -0.481 e. The molecule has 0 fully saturated rings. The van der Waals surface area contributed by atoms with Crippen molar-refractivity contribution in [3.63, 3.8) is 0 Å². The van der Waals surface area contributed by atoms with E-state index < -0.39 is 12.1 Å². The summed E-state index contributed by atoms with van der Waals surface area (Å²) in [5, 5.41) is 18.3. The van der Waals surface area contributed by atoms with Crippen LogP contribution in [0.4, 0.5) is 0 Å². The first-order valence-electron chi connectivity index (χ1n) is 5.03. The zero-order chi connectivity index (χ0) is 11.3. The van der Waals surface area contributed by atoms with Gasteiger partial charge in [-0.1, -0.05) is 37.3 Å². The van der Waals surface area contributed by atoms with E-state index in [1.807, 2.05) is 30.3 Å². The zero-order valence-corrected chi connectivity index (χ0v) is 8.76. The Balaban J connectivity index is 2.48. The van der Waals surface area contributed by atoms with Gasteiger partial charge in [0.25, 0.3) is 0 Å². The third kappa shape index (κ3) is 4.13. The average Bonchev–Trinajstić information content (AvgIpc) is 2.18. The fraction of sp³-hybridized carbons (Fsp3) is 0.417. The van der Waals surface area contributed by atoms with Crippen LogP contribution in [-0.4, -0.2) is 22.3 Å². The molecule has 0 spiro atoms. The van der Waals surface area contributed by atoms with E-state index in [1.54, 1.807) is 6.92 Å². The molecule has 3 heteroatoms. The molecule has 0 bridgehead atoms. The number of aliphatic hydroxyl groups excluding tert-OH is 1. The van der Waals surface area contributed by atoms with E-state index in [-0.39, 0.29) is 12.3 Å². The Morgan fingerprint density at radius 1 is 1.33 bits per heavy atom. The fourth-order valence-electron chi connectivity index (χ4n) is 1.47. The average molecular weight is 208 g/mol. The quantitative estimate of drug-likeness (QED) is 0.774. The molecule has 0 aliphatic carbocycles. The molecule has 1 aromatic carbocycles. The van der Waals surface area contributed by atoms with Gasteiger partial charge in [-0.15, -0.1) is 0 Å². The van der Waals surface area contributed by atoms with Crippen LogP contribution < -0.4 is 0 Å².